The smallest absolute Gasteiger partial charge is 0.0857 e. The molecule has 0 bridgehead atoms. The lowest BCUT2D eigenvalue weighted by atomic mass is 9.83. The van der Waals surface area contributed by atoms with Gasteiger partial charge in [-0.25, -0.2) is 0 Å². The summed E-state index contributed by atoms with van der Waals surface area (Å²) in [6.45, 7) is 15.7. The van der Waals surface area contributed by atoms with Gasteiger partial charge in [0.25, 0.3) is 0 Å². The summed E-state index contributed by atoms with van der Waals surface area (Å²) >= 11 is 0. The first kappa shape index (κ1) is 14.9. The van der Waals surface area contributed by atoms with Gasteiger partial charge in [-0.3, -0.25) is 0 Å². The minimum Gasteiger partial charge on any atom is -0.388 e. The average molecular weight is 216 g/mol. The summed E-state index contributed by atoms with van der Waals surface area (Å²) in [5.41, 5.74) is -0.421. The van der Waals surface area contributed by atoms with Crippen LogP contribution in [0.25, 0.3) is 0 Å². The molecular weight excluding hydrogens is 188 g/mol. The zero-order chi connectivity index (χ0) is 12.3. The zero-order valence-corrected chi connectivity index (χ0v) is 11.5. The van der Waals surface area contributed by atoms with E-state index in [0.717, 1.165) is 6.42 Å². The Labute approximate surface area is 95.0 Å². The highest BCUT2D eigenvalue weighted by molar-refractivity contribution is 4.79. The molecular formula is C13H28O2. The van der Waals surface area contributed by atoms with Crippen molar-refractivity contribution in [1.29, 1.82) is 0 Å². The summed E-state index contributed by atoms with van der Waals surface area (Å²) in [5, 5.41) is 10.1. The first-order valence-corrected chi connectivity index (χ1v) is 5.72. The highest BCUT2D eigenvalue weighted by atomic mass is 16.5. The van der Waals surface area contributed by atoms with Crippen molar-refractivity contribution in [2.75, 3.05) is 13.2 Å². The van der Waals surface area contributed by atoms with Gasteiger partial charge in [-0.2, -0.15) is 0 Å². The molecule has 1 atom stereocenters. The molecule has 0 saturated carbocycles. The van der Waals surface area contributed by atoms with Crippen molar-refractivity contribution in [2.45, 2.75) is 60.5 Å². The maximum absolute atomic E-state index is 10.1. The lowest BCUT2D eigenvalue weighted by Gasteiger charge is -2.31. The summed E-state index contributed by atoms with van der Waals surface area (Å²) in [5.74, 6) is 0. The van der Waals surface area contributed by atoms with Crippen molar-refractivity contribution in [3.63, 3.8) is 0 Å². The number of ether oxygens (including phenoxy) is 1. The summed E-state index contributed by atoms with van der Waals surface area (Å²) < 4.78 is 5.56. The predicted molar refractivity (Wildman–Crippen MR) is 65.0 cm³/mol. The molecule has 0 saturated heterocycles. The van der Waals surface area contributed by atoms with E-state index in [1.807, 2.05) is 6.92 Å². The molecule has 0 aromatic heterocycles. The van der Waals surface area contributed by atoms with Crippen LogP contribution in [0.3, 0.4) is 0 Å². The Balaban J connectivity index is 3.95. The Bertz CT molecular complexity index is 182. The van der Waals surface area contributed by atoms with Crippen LogP contribution in [-0.4, -0.2) is 23.9 Å². The van der Waals surface area contributed by atoms with Crippen LogP contribution in [-0.2, 0) is 4.74 Å². The molecule has 0 amide bonds. The molecule has 2 nitrogen and oxygen atoms in total. The van der Waals surface area contributed by atoms with Gasteiger partial charge >= 0.3 is 0 Å². The van der Waals surface area contributed by atoms with E-state index in [2.05, 4.69) is 41.5 Å². The fraction of sp³-hybridized carbons (Fsp3) is 1.00. The molecule has 0 aliphatic rings. The first-order chi connectivity index (χ1) is 6.41. The number of aliphatic hydroxyl groups is 1. The molecule has 0 aliphatic heterocycles. The minimum atomic E-state index is -0.719. The van der Waals surface area contributed by atoms with E-state index in [1.54, 1.807) is 0 Å². The van der Waals surface area contributed by atoms with Crippen molar-refractivity contribution < 1.29 is 9.84 Å². The second-order valence-electron chi connectivity index (χ2n) is 7.29. The third kappa shape index (κ3) is 10.2. The van der Waals surface area contributed by atoms with Gasteiger partial charge in [-0.1, -0.05) is 41.5 Å². The van der Waals surface area contributed by atoms with Crippen LogP contribution in [0.5, 0.6) is 0 Å². The van der Waals surface area contributed by atoms with Gasteiger partial charge in [0.1, 0.15) is 0 Å². The molecule has 1 unspecified atom stereocenters. The van der Waals surface area contributed by atoms with Crippen LogP contribution in [0.4, 0.5) is 0 Å². The molecule has 0 aromatic rings. The molecule has 15 heavy (non-hydrogen) atoms. The van der Waals surface area contributed by atoms with Crippen LogP contribution in [0.2, 0.25) is 0 Å². The SMILES string of the molecule is CC(C)(C)COCC(C)(O)CC(C)(C)C. The number of hydrogen-bond donors (Lipinski definition) is 1. The summed E-state index contributed by atoms with van der Waals surface area (Å²) in [6.07, 6.45) is 0.754. The second kappa shape index (κ2) is 4.84. The molecule has 0 spiro atoms. The standard InChI is InChI=1S/C13H28O2/c1-11(2,3)8-13(7,14)10-15-9-12(4,5)6/h14H,8-10H2,1-7H3. The van der Waals surface area contributed by atoms with Crippen LogP contribution in [0.15, 0.2) is 0 Å². The molecule has 0 rings (SSSR count). The summed E-state index contributed by atoms with van der Waals surface area (Å²) in [4.78, 5) is 0. The van der Waals surface area contributed by atoms with Gasteiger partial charge in [0.15, 0.2) is 0 Å². The van der Waals surface area contributed by atoms with E-state index in [4.69, 9.17) is 4.74 Å². The molecule has 2 heteroatoms. The maximum Gasteiger partial charge on any atom is 0.0857 e. The van der Waals surface area contributed by atoms with Gasteiger partial charge < -0.3 is 9.84 Å². The van der Waals surface area contributed by atoms with Crippen LogP contribution < -0.4 is 0 Å². The van der Waals surface area contributed by atoms with Gasteiger partial charge in [0, 0.05) is 0 Å². The highest BCUT2D eigenvalue weighted by Gasteiger charge is 2.28. The lowest BCUT2D eigenvalue weighted by Crippen LogP contribution is -2.36. The molecule has 0 aromatic carbocycles. The van der Waals surface area contributed by atoms with Crippen molar-refractivity contribution in [3.8, 4) is 0 Å². The molecule has 1 N–H and O–H groups in total. The molecule has 0 radical (unpaired) electrons. The summed E-state index contributed by atoms with van der Waals surface area (Å²) in [6, 6.07) is 0. The van der Waals surface area contributed by atoms with Crippen molar-refractivity contribution in [2.24, 2.45) is 10.8 Å². The van der Waals surface area contributed by atoms with Crippen molar-refractivity contribution in [1.82, 2.24) is 0 Å². The monoisotopic (exact) mass is 216 g/mol. The fourth-order valence-corrected chi connectivity index (χ4v) is 1.77. The maximum atomic E-state index is 10.1. The quantitative estimate of drug-likeness (QED) is 0.781. The lowest BCUT2D eigenvalue weighted by molar-refractivity contribution is -0.0691. The molecule has 0 heterocycles. The van der Waals surface area contributed by atoms with Gasteiger partial charge in [-0.15, -0.1) is 0 Å². The average Bonchev–Trinajstić information content (AvgIpc) is 1.75. The Hall–Kier alpha value is -0.0800. The third-order valence-corrected chi connectivity index (χ3v) is 1.86. The van der Waals surface area contributed by atoms with E-state index in [0.29, 0.717) is 13.2 Å². The minimum absolute atomic E-state index is 0.134. The van der Waals surface area contributed by atoms with E-state index in [-0.39, 0.29) is 10.8 Å². The van der Waals surface area contributed by atoms with E-state index in [1.165, 1.54) is 0 Å². The van der Waals surface area contributed by atoms with Gasteiger partial charge in [0.05, 0.1) is 18.8 Å². The Morgan fingerprint density at radius 3 is 1.60 bits per heavy atom. The van der Waals surface area contributed by atoms with Crippen LogP contribution in [0.1, 0.15) is 54.9 Å². The van der Waals surface area contributed by atoms with Crippen molar-refractivity contribution >= 4 is 0 Å². The Morgan fingerprint density at radius 1 is 0.800 bits per heavy atom. The van der Waals surface area contributed by atoms with Gasteiger partial charge in [0.2, 0.25) is 0 Å². The highest BCUT2D eigenvalue weighted by Crippen LogP contribution is 2.27. The largest absolute Gasteiger partial charge is 0.388 e. The summed E-state index contributed by atoms with van der Waals surface area (Å²) in [7, 11) is 0. The van der Waals surface area contributed by atoms with Crippen LogP contribution >= 0.6 is 0 Å². The van der Waals surface area contributed by atoms with E-state index >= 15 is 0 Å². The van der Waals surface area contributed by atoms with Gasteiger partial charge in [-0.05, 0) is 24.2 Å². The molecule has 0 aliphatic carbocycles. The fourth-order valence-electron chi connectivity index (χ4n) is 1.77. The second-order valence-corrected chi connectivity index (χ2v) is 7.29. The normalized spacial score (nSPS) is 17.6. The number of rotatable bonds is 4. The zero-order valence-electron chi connectivity index (χ0n) is 11.5. The Morgan fingerprint density at radius 2 is 1.27 bits per heavy atom. The number of hydrogen-bond acceptors (Lipinski definition) is 2. The first-order valence-electron chi connectivity index (χ1n) is 5.72. The molecule has 92 valence electrons. The Kier molecular flexibility index (Phi) is 4.81. The predicted octanol–water partition coefficient (Wildman–Crippen LogP) is 3.24. The van der Waals surface area contributed by atoms with E-state index < -0.39 is 5.60 Å². The van der Waals surface area contributed by atoms with E-state index in [9.17, 15) is 5.11 Å². The third-order valence-electron chi connectivity index (χ3n) is 1.86. The van der Waals surface area contributed by atoms with Crippen LogP contribution in [0, 0.1) is 10.8 Å². The molecule has 0 fully saturated rings. The topological polar surface area (TPSA) is 29.5 Å². The van der Waals surface area contributed by atoms with Crippen molar-refractivity contribution in [3.05, 3.63) is 0 Å².